The lowest BCUT2D eigenvalue weighted by molar-refractivity contribution is 0.415. The van der Waals surface area contributed by atoms with E-state index in [-0.39, 0.29) is 22.4 Å². The first-order valence-corrected chi connectivity index (χ1v) is 32.6. The number of anilines is 12. The lowest BCUT2D eigenvalue weighted by Crippen LogP contribution is -2.61. The van der Waals surface area contributed by atoms with Crippen LogP contribution in [0.1, 0.15) is 0 Å². The van der Waals surface area contributed by atoms with Gasteiger partial charge < -0.3 is 29.4 Å². The number of fused-ring (bicyclic) bond motifs is 16. The van der Waals surface area contributed by atoms with E-state index in [4.69, 9.17) is 4.74 Å². The molecule has 0 amide bonds. The molecule has 6 nitrogen and oxygen atoms in total. The molecule has 0 spiro atoms. The van der Waals surface area contributed by atoms with E-state index in [1.54, 1.807) is 7.11 Å². The van der Waals surface area contributed by atoms with Crippen LogP contribution in [-0.2, 0) is 0 Å². The molecular formula is C77H52B3Br3N4O2. The fourth-order valence-corrected chi connectivity index (χ4v) is 14.5. The molecule has 422 valence electrons. The molecule has 14 aromatic carbocycles. The van der Waals surface area contributed by atoms with Crippen molar-refractivity contribution in [3.63, 3.8) is 0 Å². The molecule has 0 aliphatic carbocycles. The first kappa shape index (κ1) is 54.9. The van der Waals surface area contributed by atoms with Crippen molar-refractivity contribution in [3.05, 3.63) is 291 Å². The number of halogens is 3. The van der Waals surface area contributed by atoms with Gasteiger partial charge in [-0.2, -0.15) is 0 Å². The van der Waals surface area contributed by atoms with E-state index < -0.39 is 0 Å². The molecule has 0 atom stereocenters. The Labute approximate surface area is 543 Å². The fraction of sp³-hybridized carbons (Fsp3) is 0.0130. The summed E-state index contributed by atoms with van der Waals surface area (Å²) >= 11 is 9.31. The average molecular weight is 1340 g/mol. The van der Waals surface area contributed by atoms with Gasteiger partial charge in [0.25, 0.3) is 13.4 Å². The molecule has 12 heteroatoms. The number of phenols is 1. The lowest BCUT2D eigenvalue weighted by atomic mass is 9.33. The number of phenolic OH excluding ortho intramolecular Hbond substituents is 1. The minimum Gasteiger partial charge on any atom is -0.508 e. The molecule has 0 radical (unpaired) electrons. The van der Waals surface area contributed by atoms with Crippen LogP contribution in [0.5, 0.6) is 11.5 Å². The summed E-state index contributed by atoms with van der Waals surface area (Å²) in [7, 11) is 1.77. The van der Waals surface area contributed by atoms with Crippen LogP contribution < -0.4 is 57.1 Å². The summed E-state index contributed by atoms with van der Waals surface area (Å²) in [6.45, 7) is 0.0461. The van der Waals surface area contributed by atoms with E-state index in [1.807, 2.05) is 12.1 Å². The highest BCUT2D eigenvalue weighted by Crippen LogP contribution is 2.51. The van der Waals surface area contributed by atoms with E-state index in [2.05, 4.69) is 346 Å². The monoisotopic (exact) mass is 1330 g/mol. The number of nitrogens with zero attached hydrogens (tertiary/aromatic N) is 4. The Morgan fingerprint density at radius 1 is 0.315 bits per heavy atom. The summed E-state index contributed by atoms with van der Waals surface area (Å²) < 4.78 is 6.32. The molecule has 4 aliphatic heterocycles. The van der Waals surface area contributed by atoms with Gasteiger partial charge in [-0.05, 0) is 103 Å². The quantitative estimate of drug-likeness (QED) is 0.173. The zero-order valence-corrected chi connectivity index (χ0v) is 53.0. The number of benzene rings is 14. The minimum absolute atomic E-state index is 0.00487. The Morgan fingerprint density at radius 3 is 0.809 bits per heavy atom. The fourth-order valence-electron chi connectivity index (χ4n) is 14.5. The maximum Gasteiger partial charge on any atom is 0.369 e. The van der Waals surface area contributed by atoms with Crippen molar-refractivity contribution in [2.75, 3.05) is 26.7 Å². The number of aromatic hydroxyl groups is 1. The van der Waals surface area contributed by atoms with Gasteiger partial charge in [0.15, 0.2) is 0 Å². The highest BCUT2D eigenvalue weighted by Gasteiger charge is 2.47. The Bertz CT molecular complexity index is 4780. The number of para-hydroxylation sites is 4. The average Bonchev–Trinajstić information content (AvgIpc) is 0.760. The van der Waals surface area contributed by atoms with Crippen molar-refractivity contribution in [3.8, 4) is 11.5 Å². The highest BCUT2D eigenvalue weighted by atomic mass is 79.9. The van der Waals surface area contributed by atoms with Gasteiger partial charge in [-0.1, -0.05) is 218 Å². The molecule has 4 heterocycles. The van der Waals surface area contributed by atoms with Crippen LogP contribution >= 0.6 is 47.3 Å². The Balaban J connectivity index is 0.000000135. The Hall–Kier alpha value is -9.45. The van der Waals surface area contributed by atoms with Gasteiger partial charge in [-0.3, -0.25) is 0 Å². The molecule has 89 heavy (non-hydrogen) atoms. The van der Waals surface area contributed by atoms with Crippen molar-refractivity contribution in [2.45, 2.75) is 0 Å². The van der Waals surface area contributed by atoms with Gasteiger partial charge >= 0.3 is 3.18 Å². The van der Waals surface area contributed by atoms with Gasteiger partial charge in [0, 0.05) is 114 Å². The van der Waals surface area contributed by atoms with Crippen LogP contribution in [-0.4, -0.2) is 28.8 Å². The topological polar surface area (TPSA) is 42.4 Å². The van der Waals surface area contributed by atoms with Crippen LogP contribution in [0.3, 0.4) is 0 Å². The van der Waals surface area contributed by atoms with Crippen molar-refractivity contribution < 1.29 is 9.84 Å². The molecule has 0 aromatic heterocycles. The maximum atomic E-state index is 11.4. The van der Waals surface area contributed by atoms with Crippen LogP contribution in [0.4, 0.5) is 68.2 Å². The second-order valence-corrected chi connectivity index (χ2v) is 29.1. The van der Waals surface area contributed by atoms with E-state index in [9.17, 15) is 5.11 Å². The molecule has 18 rings (SSSR count). The third kappa shape index (κ3) is 9.13. The third-order valence-corrected chi connectivity index (χ3v) is 17.9. The normalized spacial score (nSPS) is 12.9. The maximum absolute atomic E-state index is 11.4. The van der Waals surface area contributed by atoms with Gasteiger partial charge in [-0.15, -0.1) is 47.3 Å². The molecular weight excluding hydrogens is 1290 g/mol. The smallest absolute Gasteiger partial charge is 0.369 e. The minimum atomic E-state index is -0.00487. The zero-order valence-electron chi connectivity index (χ0n) is 48.2. The standard InChI is InChI=1S/C39H27BN2O.C38H25BN2O.BBr3/c1-43-30-24-35-37-36(25-30)42(29-16-6-3-7-17-29)39-32-19-11-9-13-27(32)21-23-34(39)40(37)33-22-20-26-12-8-10-18-31(26)38(33)41(35)28-14-4-2-5-15-28;42-29-23-34-36-35(24-29)41(28-15-5-2-6-16-28)38-31-18-10-8-12-26(31)20-22-33(38)39(36)32-21-19-25-11-7-9-17-30(25)37(32)40(34)27-13-3-1-4-14-27;2-1(3)4/h2-25H,1H3;1-24,42H;. The van der Waals surface area contributed by atoms with E-state index in [1.165, 1.54) is 98.6 Å². The van der Waals surface area contributed by atoms with Gasteiger partial charge in [0.05, 0.1) is 7.11 Å². The molecule has 14 aromatic rings. The molecule has 0 fully saturated rings. The van der Waals surface area contributed by atoms with Crippen molar-refractivity contribution in [2.24, 2.45) is 0 Å². The summed E-state index contributed by atoms with van der Waals surface area (Å²) in [5, 5.41) is 21.1. The summed E-state index contributed by atoms with van der Waals surface area (Å²) in [6.07, 6.45) is 0. The molecule has 4 aliphatic rings. The SMILES string of the molecule is BrB(Br)Br.COc1cc2c3c(c1)N(c1ccccc1)c1c(ccc4ccccc14)B3c1ccc3ccccc3c1N2c1ccccc1.Oc1cc2c3c(c1)N(c1ccccc1)c1c(ccc4ccccc14)B3c1ccc3ccccc3c1N2c1ccccc1. The van der Waals surface area contributed by atoms with Crippen LogP contribution in [0.2, 0.25) is 0 Å². The van der Waals surface area contributed by atoms with Crippen LogP contribution in [0.15, 0.2) is 291 Å². The molecule has 0 saturated heterocycles. The van der Waals surface area contributed by atoms with Crippen molar-refractivity contribution in [1.82, 2.24) is 0 Å². The van der Waals surface area contributed by atoms with Gasteiger partial charge in [-0.25, -0.2) is 0 Å². The van der Waals surface area contributed by atoms with Crippen molar-refractivity contribution in [1.29, 1.82) is 0 Å². The largest absolute Gasteiger partial charge is 0.508 e. The second kappa shape index (κ2) is 22.6. The first-order chi connectivity index (χ1) is 43.8. The predicted octanol–water partition coefficient (Wildman–Crippen LogP) is 18.0. The zero-order chi connectivity index (χ0) is 59.9. The second-order valence-electron chi connectivity index (χ2n) is 22.7. The number of hydrogen-bond donors (Lipinski definition) is 1. The van der Waals surface area contributed by atoms with E-state index in [0.29, 0.717) is 0 Å². The molecule has 0 unspecified atom stereocenters. The summed E-state index contributed by atoms with van der Waals surface area (Å²) in [6, 6.07) is 104. The Morgan fingerprint density at radius 2 is 0.551 bits per heavy atom. The lowest BCUT2D eigenvalue weighted by Gasteiger charge is -2.45. The number of hydrogen-bond acceptors (Lipinski definition) is 6. The number of ether oxygens (including phenoxy) is 1. The summed E-state index contributed by atoms with van der Waals surface area (Å²) in [5.74, 6) is 1.08. The third-order valence-electron chi connectivity index (χ3n) is 17.9. The van der Waals surface area contributed by atoms with Gasteiger partial charge in [0.2, 0.25) is 0 Å². The predicted molar refractivity (Wildman–Crippen MR) is 392 cm³/mol. The van der Waals surface area contributed by atoms with E-state index >= 15 is 0 Å². The molecule has 0 bridgehead atoms. The summed E-state index contributed by atoms with van der Waals surface area (Å²) in [5.41, 5.74) is 21.1. The number of rotatable bonds is 5. The molecule has 0 saturated carbocycles. The van der Waals surface area contributed by atoms with Crippen LogP contribution in [0.25, 0.3) is 43.1 Å². The van der Waals surface area contributed by atoms with Gasteiger partial charge in [0.1, 0.15) is 11.5 Å². The highest BCUT2D eigenvalue weighted by molar-refractivity contribution is 9.69. The number of methoxy groups -OCH3 is 1. The first-order valence-electron chi connectivity index (χ1n) is 29.8. The van der Waals surface area contributed by atoms with E-state index in [0.717, 1.165) is 51.2 Å². The summed E-state index contributed by atoms with van der Waals surface area (Å²) in [4.78, 5) is 9.60. The Kier molecular flexibility index (Phi) is 14.0. The van der Waals surface area contributed by atoms with Crippen LogP contribution in [0, 0.1) is 0 Å². The van der Waals surface area contributed by atoms with Crippen molar-refractivity contribution >= 4 is 208 Å². The molecule has 1 N–H and O–H groups in total.